The molecule has 5 heteroatoms. The fourth-order valence-electron chi connectivity index (χ4n) is 1.27. The van der Waals surface area contributed by atoms with Crippen molar-refractivity contribution < 1.29 is 23.1 Å². The Morgan fingerprint density at radius 2 is 1.82 bits per heavy atom. The van der Waals surface area contributed by atoms with Crippen molar-refractivity contribution in [1.82, 2.24) is 0 Å². The van der Waals surface area contributed by atoms with E-state index < -0.39 is 23.2 Å². The monoisotopic (exact) mass is 240 g/mol. The first kappa shape index (κ1) is 13.0. The molecule has 0 saturated heterocycles. The van der Waals surface area contributed by atoms with Gasteiger partial charge in [-0.15, -0.1) is 0 Å². The maximum Gasteiger partial charge on any atom is 0.333 e. The minimum atomic E-state index is -0.969. The smallest absolute Gasteiger partial charge is 0.333 e. The molecule has 0 amide bonds. The first-order chi connectivity index (χ1) is 7.99. The molecule has 1 rings (SSSR count). The molecular weight excluding hydrogens is 230 g/mol. The van der Waals surface area contributed by atoms with Gasteiger partial charge in [-0.3, -0.25) is 4.79 Å². The Morgan fingerprint density at radius 1 is 1.29 bits per heavy atom. The Kier molecular flexibility index (Phi) is 4.09. The first-order valence-electron chi connectivity index (χ1n) is 4.70. The van der Waals surface area contributed by atoms with Gasteiger partial charge in [0.2, 0.25) is 0 Å². The first-order valence-corrected chi connectivity index (χ1v) is 4.70. The SMILES string of the molecule is COC(=O)/C(C)=C/c1cc(F)c(C=O)c(F)c1. The lowest BCUT2D eigenvalue weighted by atomic mass is 10.1. The molecule has 0 bridgehead atoms. The van der Waals surface area contributed by atoms with Crippen LogP contribution in [0.2, 0.25) is 0 Å². The topological polar surface area (TPSA) is 43.4 Å². The van der Waals surface area contributed by atoms with Gasteiger partial charge < -0.3 is 4.74 Å². The highest BCUT2D eigenvalue weighted by molar-refractivity contribution is 5.93. The summed E-state index contributed by atoms with van der Waals surface area (Å²) in [6.45, 7) is 1.45. The normalized spacial score (nSPS) is 11.2. The van der Waals surface area contributed by atoms with Gasteiger partial charge in [0.1, 0.15) is 11.6 Å². The molecule has 0 N–H and O–H groups in total. The molecule has 0 aromatic heterocycles. The number of esters is 1. The number of aldehydes is 1. The summed E-state index contributed by atoms with van der Waals surface area (Å²) in [4.78, 5) is 21.4. The van der Waals surface area contributed by atoms with Crippen molar-refractivity contribution in [3.8, 4) is 0 Å². The summed E-state index contributed by atoms with van der Waals surface area (Å²) in [5.41, 5.74) is -0.281. The molecule has 0 fully saturated rings. The number of carbonyl (C=O) groups is 2. The molecule has 0 radical (unpaired) electrons. The van der Waals surface area contributed by atoms with Crippen LogP contribution in [0.5, 0.6) is 0 Å². The van der Waals surface area contributed by atoms with E-state index in [0.717, 1.165) is 12.1 Å². The number of carbonyl (C=O) groups excluding carboxylic acids is 2. The summed E-state index contributed by atoms with van der Waals surface area (Å²) in [5, 5.41) is 0. The molecule has 0 atom stereocenters. The zero-order valence-electron chi connectivity index (χ0n) is 9.29. The van der Waals surface area contributed by atoms with Gasteiger partial charge in [-0.1, -0.05) is 0 Å². The lowest BCUT2D eigenvalue weighted by molar-refractivity contribution is -0.135. The summed E-state index contributed by atoms with van der Waals surface area (Å²) >= 11 is 0. The number of hydrogen-bond acceptors (Lipinski definition) is 3. The zero-order valence-corrected chi connectivity index (χ0v) is 9.29. The van der Waals surface area contributed by atoms with Gasteiger partial charge in [-0.2, -0.15) is 0 Å². The zero-order chi connectivity index (χ0) is 13.0. The highest BCUT2D eigenvalue weighted by atomic mass is 19.1. The van der Waals surface area contributed by atoms with Crippen molar-refractivity contribution in [2.75, 3.05) is 7.11 Å². The Hall–Kier alpha value is -2.04. The molecule has 0 aliphatic rings. The third-order valence-electron chi connectivity index (χ3n) is 2.11. The maximum atomic E-state index is 13.2. The lowest BCUT2D eigenvalue weighted by Crippen LogP contribution is -2.01. The van der Waals surface area contributed by atoms with Gasteiger partial charge in [-0.25, -0.2) is 13.6 Å². The van der Waals surface area contributed by atoms with Crippen LogP contribution < -0.4 is 0 Å². The van der Waals surface area contributed by atoms with Crippen molar-refractivity contribution in [2.45, 2.75) is 6.92 Å². The van der Waals surface area contributed by atoms with Crippen molar-refractivity contribution >= 4 is 18.3 Å². The van der Waals surface area contributed by atoms with Crippen LogP contribution >= 0.6 is 0 Å². The lowest BCUT2D eigenvalue weighted by Gasteiger charge is -2.02. The van der Waals surface area contributed by atoms with Crippen molar-refractivity contribution in [3.05, 3.63) is 40.5 Å². The van der Waals surface area contributed by atoms with Crippen LogP contribution in [-0.2, 0) is 9.53 Å². The van der Waals surface area contributed by atoms with Crippen LogP contribution in [0, 0.1) is 11.6 Å². The number of rotatable bonds is 3. The average molecular weight is 240 g/mol. The molecule has 0 aliphatic carbocycles. The van der Waals surface area contributed by atoms with Crippen LogP contribution in [0.4, 0.5) is 8.78 Å². The van der Waals surface area contributed by atoms with E-state index in [1.807, 2.05) is 0 Å². The molecule has 0 heterocycles. The fraction of sp³-hybridized carbons (Fsp3) is 0.167. The second-order valence-electron chi connectivity index (χ2n) is 3.34. The fourth-order valence-corrected chi connectivity index (χ4v) is 1.27. The summed E-state index contributed by atoms with van der Waals surface area (Å²) in [6.07, 6.45) is 1.37. The molecule has 1 aromatic rings. The van der Waals surface area contributed by atoms with Gasteiger partial charge in [0.15, 0.2) is 6.29 Å². The van der Waals surface area contributed by atoms with Gasteiger partial charge in [0.05, 0.1) is 12.7 Å². The van der Waals surface area contributed by atoms with Crippen LogP contribution in [-0.4, -0.2) is 19.4 Å². The standard InChI is InChI=1S/C12H10F2O3/c1-7(12(16)17-2)3-8-4-10(13)9(6-15)11(14)5-8/h3-6H,1-2H3/b7-3+. The number of methoxy groups -OCH3 is 1. The molecular formula is C12H10F2O3. The molecule has 90 valence electrons. The van der Waals surface area contributed by atoms with E-state index >= 15 is 0 Å². The van der Waals surface area contributed by atoms with E-state index in [0.29, 0.717) is 0 Å². The Bertz CT molecular complexity index is 470. The summed E-state index contributed by atoms with van der Waals surface area (Å²) in [6, 6.07) is 1.94. The molecule has 0 unspecified atom stereocenters. The summed E-state index contributed by atoms with van der Waals surface area (Å²) < 4.78 is 30.9. The van der Waals surface area contributed by atoms with E-state index in [9.17, 15) is 18.4 Å². The van der Waals surface area contributed by atoms with Crippen molar-refractivity contribution in [1.29, 1.82) is 0 Å². The molecule has 17 heavy (non-hydrogen) atoms. The highest BCUT2D eigenvalue weighted by Gasteiger charge is 2.10. The van der Waals surface area contributed by atoms with E-state index in [1.54, 1.807) is 0 Å². The van der Waals surface area contributed by atoms with E-state index in [4.69, 9.17) is 0 Å². The average Bonchev–Trinajstić information content (AvgIpc) is 2.27. The summed E-state index contributed by atoms with van der Waals surface area (Å²) in [5.74, 6) is -2.53. The minimum Gasteiger partial charge on any atom is -0.466 e. The number of ether oxygens (including phenoxy) is 1. The predicted octanol–water partition coefficient (Wildman–Crippen LogP) is 2.35. The second-order valence-corrected chi connectivity index (χ2v) is 3.34. The Balaban J connectivity index is 3.18. The molecule has 0 aliphatic heterocycles. The predicted molar refractivity (Wildman–Crippen MR) is 57.4 cm³/mol. The number of hydrogen-bond donors (Lipinski definition) is 0. The molecule has 0 spiro atoms. The van der Waals surface area contributed by atoms with Crippen LogP contribution in [0.1, 0.15) is 22.8 Å². The Labute approximate surface area is 96.7 Å². The molecule has 1 aromatic carbocycles. The summed E-state index contributed by atoms with van der Waals surface area (Å²) in [7, 11) is 1.20. The van der Waals surface area contributed by atoms with Crippen molar-refractivity contribution in [3.63, 3.8) is 0 Å². The van der Waals surface area contributed by atoms with Crippen LogP contribution in [0.25, 0.3) is 6.08 Å². The molecule has 0 saturated carbocycles. The highest BCUT2D eigenvalue weighted by Crippen LogP contribution is 2.16. The van der Waals surface area contributed by atoms with Crippen LogP contribution in [0.3, 0.4) is 0 Å². The van der Waals surface area contributed by atoms with Gasteiger partial charge in [0.25, 0.3) is 0 Å². The number of benzene rings is 1. The van der Waals surface area contributed by atoms with E-state index in [1.165, 1.54) is 20.1 Å². The Morgan fingerprint density at radius 3 is 2.24 bits per heavy atom. The van der Waals surface area contributed by atoms with Gasteiger partial charge in [0, 0.05) is 5.57 Å². The number of halogens is 2. The van der Waals surface area contributed by atoms with Gasteiger partial charge >= 0.3 is 5.97 Å². The van der Waals surface area contributed by atoms with Crippen molar-refractivity contribution in [2.24, 2.45) is 0 Å². The second kappa shape index (κ2) is 5.34. The third-order valence-corrected chi connectivity index (χ3v) is 2.11. The van der Waals surface area contributed by atoms with E-state index in [2.05, 4.69) is 4.74 Å². The van der Waals surface area contributed by atoms with Crippen LogP contribution in [0.15, 0.2) is 17.7 Å². The largest absolute Gasteiger partial charge is 0.466 e. The van der Waals surface area contributed by atoms with Gasteiger partial charge in [-0.05, 0) is 30.7 Å². The van der Waals surface area contributed by atoms with E-state index in [-0.39, 0.29) is 17.4 Å². The maximum absolute atomic E-state index is 13.2. The third kappa shape index (κ3) is 2.96. The minimum absolute atomic E-state index is 0.103. The molecule has 3 nitrogen and oxygen atoms in total. The quantitative estimate of drug-likeness (QED) is 0.462.